The van der Waals surface area contributed by atoms with Gasteiger partial charge in [0.15, 0.2) is 12.2 Å². The minimum absolute atomic E-state index is 0.205. The van der Waals surface area contributed by atoms with Crippen molar-refractivity contribution in [2.24, 2.45) is 5.73 Å². The first kappa shape index (κ1) is 10.9. The summed E-state index contributed by atoms with van der Waals surface area (Å²) < 4.78 is 5.22. The number of rotatable bonds is 4. The molecule has 0 aliphatic rings. The molecule has 0 aliphatic carbocycles. The Hall–Kier alpha value is -1.62. The maximum absolute atomic E-state index is 5.73. The van der Waals surface area contributed by atoms with Gasteiger partial charge in [-0.25, -0.2) is 4.98 Å². The van der Waals surface area contributed by atoms with Gasteiger partial charge in [-0.2, -0.15) is 5.10 Å². The van der Waals surface area contributed by atoms with E-state index in [2.05, 4.69) is 15.2 Å². The molecule has 0 aliphatic heterocycles. The van der Waals surface area contributed by atoms with Crippen molar-refractivity contribution >= 4 is 0 Å². The molecule has 2 aromatic heterocycles. The summed E-state index contributed by atoms with van der Waals surface area (Å²) in [5.41, 5.74) is 8.78. The third-order valence-corrected chi connectivity index (χ3v) is 2.63. The Balaban J connectivity index is 2.18. The molecule has 0 amide bonds. The average molecular weight is 220 g/mol. The van der Waals surface area contributed by atoms with Gasteiger partial charge in [-0.1, -0.05) is 0 Å². The molecular weight excluding hydrogens is 204 g/mol. The van der Waals surface area contributed by atoms with Crippen LogP contribution in [0.3, 0.4) is 0 Å². The lowest BCUT2D eigenvalue weighted by molar-refractivity contribution is 0.569. The summed E-state index contributed by atoms with van der Waals surface area (Å²) in [5.74, 6) is 0.695. The number of hydrogen-bond acceptors (Lipinski definition) is 4. The van der Waals surface area contributed by atoms with Gasteiger partial charge in [0.05, 0.1) is 6.20 Å². The molecule has 1 unspecified atom stereocenters. The summed E-state index contributed by atoms with van der Waals surface area (Å²) in [5, 5.41) is 7.26. The monoisotopic (exact) mass is 220 g/mol. The van der Waals surface area contributed by atoms with Crippen molar-refractivity contribution in [1.29, 1.82) is 0 Å². The van der Waals surface area contributed by atoms with E-state index in [1.54, 1.807) is 6.20 Å². The molecule has 5 heteroatoms. The molecule has 86 valence electrons. The molecule has 0 fully saturated rings. The molecule has 0 radical (unpaired) electrons. The van der Waals surface area contributed by atoms with Gasteiger partial charge < -0.3 is 10.2 Å². The molecule has 2 heterocycles. The largest absolute Gasteiger partial charge is 0.442 e. The zero-order valence-corrected chi connectivity index (χ0v) is 9.53. The lowest BCUT2D eigenvalue weighted by atomic mass is 10.1. The molecule has 0 aromatic carbocycles. The summed E-state index contributed by atoms with van der Waals surface area (Å²) in [6.45, 7) is 4.03. The fourth-order valence-electron chi connectivity index (χ4n) is 1.62. The van der Waals surface area contributed by atoms with E-state index in [9.17, 15) is 0 Å². The molecule has 2 aromatic rings. The van der Waals surface area contributed by atoms with E-state index in [-0.39, 0.29) is 6.04 Å². The predicted molar refractivity (Wildman–Crippen MR) is 60.8 cm³/mol. The van der Waals surface area contributed by atoms with Crippen LogP contribution >= 0.6 is 0 Å². The SMILES string of the molecule is Cc1c(-c2cnco2)n[nH]c1CCC(C)N. The Labute approximate surface area is 94.1 Å². The molecule has 0 spiro atoms. The third-order valence-electron chi connectivity index (χ3n) is 2.63. The van der Waals surface area contributed by atoms with Gasteiger partial charge in [0.1, 0.15) is 5.69 Å². The number of nitrogens with zero attached hydrogens (tertiary/aromatic N) is 2. The van der Waals surface area contributed by atoms with Crippen LogP contribution in [0.4, 0.5) is 0 Å². The first-order chi connectivity index (χ1) is 7.68. The predicted octanol–water partition coefficient (Wildman–Crippen LogP) is 1.65. The summed E-state index contributed by atoms with van der Waals surface area (Å²) >= 11 is 0. The Bertz CT molecular complexity index is 445. The summed E-state index contributed by atoms with van der Waals surface area (Å²) in [7, 11) is 0. The fraction of sp³-hybridized carbons (Fsp3) is 0.455. The molecular formula is C11H16N4O. The number of hydrogen-bond donors (Lipinski definition) is 2. The first-order valence-electron chi connectivity index (χ1n) is 5.36. The van der Waals surface area contributed by atoms with Gasteiger partial charge in [0.25, 0.3) is 0 Å². The molecule has 0 saturated carbocycles. The van der Waals surface area contributed by atoms with Gasteiger partial charge in [-0.3, -0.25) is 5.10 Å². The third kappa shape index (κ3) is 2.14. The van der Waals surface area contributed by atoms with E-state index in [4.69, 9.17) is 10.2 Å². The van der Waals surface area contributed by atoms with Crippen LogP contribution in [0.5, 0.6) is 0 Å². The zero-order chi connectivity index (χ0) is 11.5. The van der Waals surface area contributed by atoms with Gasteiger partial charge >= 0.3 is 0 Å². The van der Waals surface area contributed by atoms with Crippen molar-refractivity contribution in [3.63, 3.8) is 0 Å². The van der Waals surface area contributed by atoms with Gasteiger partial charge in [0.2, 0.25) is 0 Å². The summed E-state index contributed by atoms with van der Waals surface area (Å²) in [6.07, 6.45) is 4.92. The number of H-pyrrole nitrogens is 1. The second kappa shape index (κ2) is 4.49. The first-order valence-corrected chi connectivity index (χ1v) is 5.36. The molecule has 16 heavy (non-hydrogen) atoms. The quantitative estimate of drug-likeness (QED) is 0.821. The standard InChI is InChI=1S/C11H16N4O/c1-7(12)3-4-9-8(2)11(15-14-9)10-5-13-6-16-10/h5-7H,3-4,12H2,1-2H3,(H,14,15). The van der Waals surface area contributed by atoms with Crippen LogP contribution in [-0.4, -0.2) is 21.2 Å². The van der Waals surface area contributed by atoms with Crippen LogP contribution in [-0.2, 0) is 6.42 Å². The minimum Gasteiger partial charge on any atom is -0.442 e. The number of nitrogens with two attached hydrogens (primary N) is 1. The van der Waals surface area contributed by atoms with Crippen molar-refractivity contribution in [2.75, 3.05) is 0 Å². The Morgan fingerprint density at radius 3 is 3.00 bits per heavy atom. The van der Waals surface area contributed by atoms with Crippen LogP contribution in [0.25, 0.3) is 11.5 Å². The molecule has 0 saturated heterocycles. The van der Waals surface area contributed by atoms with E-state index in [1.807, 2.05) is 13.8 Å². The molecule has 5 nitrogen and oxygen atoms in total. The van der Waals surface area contributed by atoms with Gasteiger partial charge in [-0.15, -0.1) is 0 Å². The Morgan fingerprint density at radius 1 is 1.56 bits per heavy atom. The lowest BCUT2D eigenvalue weighted by Crippen LogP contribution is -2.15. The van der Waals surface area contributed by atoms with Crippen molar-refractivity contribution in [1.82, 2.24) is 15.2 Å². The smallest absolute Gasteiger partial charge is 0.181 e. The van der Waals surface area contributed by atoms with Crippen LogP contribution in [0.2, 0.25) is 0 Å². The van der Waals surface area contributed by atoms with Crippen LogP contribution in [0.1, 0.15) is 24.6 Å². The normalized spacial score (nSPS) is 12.9. The van der Waals surface area contributed by atoms with Gasteiger partial charge in [-0.05, 0) is 26.7 Å². The number of nitrogens with one attached hydrogen (secondary N) is 1. The van der Waals surface area contributed by atoms with E-state index >= 15 is 0 Å². The van der Waals surface area contributed by atoms with Crippen LogP contribution < -0.4 is 5.73 Å². The molecule has 3 N–H and O–H groups in total. The number of aryl methyl sites for hydroxylation is 1. The maximum Gasteiger partial charge on any atom is 0.181 e. The topological polar surface area (TPSA) is 80.7 Å². The highest BCUT2D eigenvalue weighted by molar-refractivity contribution is 5.56. The zero-order valence-electron chi connectivity index (χ0n) is 9.53. The van der Waals surface area contributed by atoms with Gasteiger partial charge in [0, 0.05) is 17.3 Å². The average Bonchev–Trinajstić information content (AvgIpc) is 2.84. The highest BCUT2D eigenvalue weighted by Gasteiger charge is 2.13. The second-order valence-electron chi connectivity index (χ2n) is 4.06. The van der Waals surface area contributed by atoms with E-state index in [0.717, 1.165) is 29.8 Å². The van der Waals surface area contributed by atoms with E-state index in [1.165, 1.54) is 6.39 Å². The Morgan fingerprint density at radius 2 is 2.38 bits per heavy atom. The molecule has 2 rings (SSSR count). The van der Waals surface area contributed by atoms with Crippen molar-refractivity contribution in [3.8, 4) is 11.5 Å². The van der Waals surface area contributed by atoms with E-state index < -0.39 is 0 Å². The number of oxazole rings is 1. The maximum atomic E-state index is 5.73. The lowest BCUT2D eigenvalue weighted by Gasteiger charge is -2.03. The number of aromatic nitrogens is 3. The summed E-state index contributed by atoms with van der Waals surface area (Å²) in [6, 6.07) is 0.205. The molecule has 0 bridgehead atoms. The Kier molecular flexibility index (Phi) is 3.05. The summed E-state index contributed by atoms with van der Waals surface area (Å²) in [4.78, 5) is 3.88. The van der Waals surface area contributed by atoms with Crippen molar-refractivity contribution < 1.29 is 4.42 Å². The second-order valence-corrected chi connectivity index (χ2v) is 4.06. The minimum atomic E-state index is 0.205. The fourth-order valence-corrected chi connectivity index (χ4v) is 1.62. The van der Waals surface area contributed by atoms with Crippen LogP contribution in [0.15, 0.2) is 17.0 Å². The van der Waals surface area contributed by atoms with E-state index in [0.29, 0.717) is 5.76 Å². The van der Waals surface area contributed by atoms with Crippen molar-refractivity contribution in [2.45, 2.75) is 32.7 Å². The highest BCUT2D eigenvalue weighted by Crippen LogP contribution is 2.23. The highest BCUT2D eigenvalue weighted by atomic mass is 16.3. The van der Waals surface area contributed by atoms with Crippen molar-refractivity contribution in [3.05, 3.63) is 23.8 Å². The molecule has 1 atom stereocenters. The number of aromatic amines is 1. The van der Waals surface area contributed by atoms with Crippen LogP contribution in [0, 0.1) is 6.92 Å².